The van der Waals surface area contributed by atoms with Crippen LogP contribution in [0.5, 0.6) is 11.5 Å². The Labute approximate surface area is 181 Å². The van der Waals surface area contributed by atoms with E-state index in [0.717, 1.165) is 0 Å². The van der Waals surface area contributed by atoms with E-state index in [-0.39, 0.29) is 0 Å². The highest BCUT2D eigenvalue weighted by molar-refractivity contribution is 6.61. The third-order valence-corrected chi connectivity index (χ3v) is 5.07. The van der Waals surface area contributed by atoms with Gasteiger partial charge in [-0.25, -0.2) is 17.6 Å². The van der Waals surface area contributed by atoms with E-state index < -0.39 is 78.5 Å². The molecule has 0 fully saturated rings. The van der Waals surface area contributed by atoms with Crippen molar-refractivity contribution in [3.05, 3.63) is 46.5 Å². The highest BCUT2D eigenvalue weighted by atomic mass is 35.5. The van der Waals surface area contributed by atoms with Gasteiger partial charge in [0, 0.05) is 0 Å². The summed E-state index contributed by atoms with van der Waals surface area (Å²) >= 11 is 22.0. The Morgan fingerprint density at radius 2 is 0.667 bits per heavy atom. The highest BCUT2D eigenvalue weighted by Gasteiger charge is 2.55. The Hall–Kier alpha value is -1.76. The second kappa shape index (κ2) is 8.06. The van der Waals surface area contributed by atoms with Gasteiger partial charge in [-0.2, -0.15) is 17.6 Å². The van der Waals surface area contributed by atoms with Gasteiger partial charge in [0.2, 0.25) is 34.8 Å². The van der Waals surface area contributed by atoms with Gasteiger partial charge in [0.1, 0.15) is 11.4 Å². The molecule has 4 nitrogen and oxygen atoms in total. The summed E-state index contributed by atoms with van der Waals surface area (Å²) in [4.78, 5) is 0. The van der Waals surface area contributed by atoms with Crippen molar-refractivity contribution in [2.45, 2.75) is 9.04 Å². The topological polar surface area (TPSA) is 70.5 Å². The summed E-state index contributed by atoms with van der Waals surface area (Å²) < 4.78 is 111. The number of hydrogen-bond acceptors (Lipinski definition) is 4. The number of nitrogen functional groups attached to an aromatic ring is 2. The van der Waals surface area contributed by atoms with E-state index in [4.69, 9.17) is 57.9 Å². The molecule has 0 bridgehead atoms. The lowest BCUT2D eigenvalue weighted by molar-refractivity contribution is 0.0850. The van der Waals surface area contributed by atoms with Crippen LogP contribution in [0.15, 0.2) is 0 Å². The molecule has 0 radical (unpaired) electrons. The van der Waals surface area contributed by atoms with Crippen LogP contribution in [0.2, 0.25) is 0 Å². The van der Waals surface area contributed by atoms with Gasteiger partial charge in [-0.3, -0.25) is 0 Å². The van der Waals surface area contributed by atoms with Gasteiger partial charge in [0.15, 0.2) is 23.3 Å². The molecule has 0 aliphatic rings. The molecular formula is C14H4Cl4F8N2O2. The molecule has 0 amide bonds. The summed E-state index contributed by atoms with van der Waals surface area (Å²) in [6.45, 7) is 0. The first-order valence-corrected chi connectivity index (χ1v) is 8.42. The van der Waals surface area contributed by atoms with E-state index in [9.17, 15) is 35.1 Å². The van der Waals surface area contributed by atoms with Crippen LogP contribution in [0.3, 0.4) is 0 Å². The van der Waals surface area contributed by atoms with E-state index >= 15 is 0 Å². The minimum absolute atomic E-state index is 1.58. The number of benzene rings is 2. The van der Waals surface area contributed by atoms with Crippen LogP contribution in [0.25, 0.3) is 0 Å². The molecule has 4 N–H and O–H groups in total. The van der Waals surface area contributed by atoms with Gasteiger partial charge in [0.05, 0.1) is 0 Å². The van der Waals surface area contributed by atoms with Gasteiger partial charge >= 0.3 is 9.04 Å². The molecule has 0 saturated carbocycles. The van der Waals surface area contributed by atoms with Crippen molar-refractivity contribution in [1.29, 1.82) is 0 Å². The van der Waals surface area contributed by atoms with Crippen molar-refractivity contribution in [2.75, 3.05) is 11.5 Å². The van der Waals surface area contributed by atoms with Gasteiger partial charge in [-0.15, -0.1) is 0 Å². The number of hydrogen-bond donors (Lipinski definition) is 2. The molecule has 2 aromatic carbocycles. The number of nitrogens with two attached hydrogens (primary N) is 2. The van der Waals surface area contributed by atoms with Crippen LogP contribution in [0.1, 0.15) is 0 Å². The molecule has 30 heavy (non-hydrogen) atoms. The Bertz CT molecular complexity index is 898. The first-order chi connectivity index (χ1) is 13.5. The van der Waals surface area contributed by atoms with Gasteiger partial charge in [-0.05, 0) is 0 Å². The fourth-order valence-corrected chi connectivity index (χ4v) is 2.27. The monoisotopic (exact) mass is 524 g/mol. The average molecular weight is 526 g/mol. The summed E-state index contributed by atoms with van der Waals surface area (Å²) in [6.07, 6.45) is 0. The molecule has 2 aromatic rings. The van der Waals surface area contributed by atoms with Gasteiger partial charge in [0.25, 0.3) is 0 Å². The third kappa shape index (κ3) is 3.93. The summed E-state index contributed by atoms with van der Waals surface area (Å²) in [6, 6.07) is 0. The molecule has 0 atom stereocenters. The molecule has 0 saturated heterocycles. The van der Waals surface area contributed by atoms with Crippen LogP contribution in [0, 0.1) is 46.5 Å². The lowest BCUT2D eigenvalue weighted by atomic mass is 10.2. The number of anilines is 2. The van der Waals surface area contributed by atoms with Crippen molar-refractivity contribution in [1.82, 2.24) is 0 Å². The molecule has 0 aliphatic carbocycles. The van der Waals surface area contributed by atoms with Crippen LogP contribution >= 0.6 is 46.4 Å². The zero-order chi connectivity index (χ0) is 23.3. The van der Waals surface area contributed by atoms with Crippen molar-refractivity contribution in [3.63, 3.8) is 0 Å². The van der Waals surface area contributed by atoms with E-state index in [1.807, 2.05) is 0 Å². The van der Waals surface area contributed by atoms with Crippen molar-refractivity contribution >= 4 is 57.8 Å². The second-order valence-electron chi connectivity index (χ2n) is 5.24. The normalized spacial score (nSPS) is 12.3. The van der Waals surface area contributed by atoms with Gasteiger partial charge in [-0.1, -0.05) is 46.4 Å². The molecule has 166 valence electrons. The molecule has 0 aromatic heterocycles. The highest BCUT2D eigenvalue weighted by Crippen LogP contribution is 2.48. The SMILES string of the molecule is Nc1c(F)c(F)c(OC(Cl)(Cl)C(Cl)(Cl)Oc2c(F)c(F)c(N)c(F)c2F)c(F)c1F. The van der Waals surface area contributed by atoms with Crippen molar-refractivity contribution in [3.8, 4) is 11.5 Å². The van der Waals surface area contributed by atoms with Crippen LogP contribution in [-0.4, -0.2) is 9.04 Å². The van der Waals surface area contributed by atoms with E-state index in [1.165, 1.54) is 0 Å². The quantitative estimate of drug-likeness (QED) is 0.228. The Morgan fingerprint density at radius 3 is 0.867 bits per heavy atom. The van der Waals surface area contributed by atoms with Crippen LogP contribution in [0.4, 0.5) is 46.5 Å². The largest absolute Gasteiger partial charge is 0.446 e. The van der Waals surface area contributed by atoms with Crippen molar-refractivity contribution in [2.24, 2.45) is 0 Å². The van der Waals surface area contributed by atoms with Crippen LogP contribution in [-0.2, 0) is 0 Å². The maximum Gasteiger partial charge on any atom is 0.329 e. The minimum atomic E-state index is -3.53. The predicted octanol–water partition coefficient (Wildman–Crippen LogP) is 5.68. The number of rotatable bonds is 5. The molecule has 2 rings (SSSR count). The Balaban J connectivity index is 2.52. The summed E-state index contributed by atoms with van der Waals surface area (Å²) in [5.74, 6) is -21.5. The Kier molecular flexibility index (Phi) is 6.58. The van der Waals surface area contributed by atoms with E-state index in [0.29, 0.717) is 0 Å². The molecular weight excluding hydrogens is 522 g/mol. The minimum Gasteiger partial charge on any atom is -0.446 e. The van der Waals surface area contributed by atoms with Crippen LogP contribution < -0.4 is 20.9 Å². The first kappa shape index (κ1) is 24.5. The van der Waals surface area contributed by atoms with E-state index in [2.05, 4.69) is 9.47 Å². The maximum atomic E-state index is 13.9. The molecule has 0 aliphatic heterocycles. The first-order valence-electron chi connectivity index (χ1n) is 6.91. The zero-order valence-electron chi connectivity index (χ0n) is 13.5. The second-order valence-corrected chi connectivity index (χ2v) is 7.75. The lowest BCUT2D eigenvalue weighted by Crippen LogP contribution is -2.46. The van der Waals surface area contributed by atoms with Gasteiger partial charge < -0.3 is 20.9 Å². The fourth-order valence-electron chi connectivity index (χ4n) is 1.81. The summed E-state index contributed by atoms with van der Waals surface area (Å²) in [5.41, 5.74) is 6.41. The number of alkyl halides is 4. The fraction of sp³-hybridized carbons (Fsp3) is 0.143. The molecule has 16 heteroatoms. The number of halogens is 12. The Morgan fingerprint density at radius 1 is 0.467 bits per heavy atom. The summed E-state index contributed by atoms with van der Waals surface area (Å²) in [7, 11) is 0. The summed E-state index contributed by atoms with van der Waals surface area (Å²) in [5, 5.41) is 0. The molecule has 0 unspecified atom stereocenters. The standard InChI is InChI=1S/C14H4Cl4F8N2O2/c15-13(16,29-11-5(23)1(19)9(27)2(20)6(11)24)14(17,18)30-12-7(25)3(21)10(28)4(22)8(12)26/h27-28H2. The van der Waals surface area contributed by atoms with Crippen molar-refractivity contribution < 1.29 is 44.6 Å². The maximum absolute atomic E-state index is 13.9. The third-order valence-electron chi connectivity index (χ3n) is 3.31. The predicted molar refractivity (Wildman–Crippen MR) is 91.5 cm³/mol. The number of ether oxygens (including phenoxy) is 2. The zero-order valence-corrected chi connectivity index (χ0v) is 16.5. The smallest absolute Gasteiger partial charge is 0.329 e. The molecule has 0 heterocycles. The molecule has 0 spiro atoms. The lowest BCUT2D eigenvalue weighted by Gasteiger charge is -2.33. The van der Waals surface area contributed by atoms with E-state index in [1.54, 1.807) is 0 Å². The average Bonchev–Trinajstić information content (AvgIpc) is 2.68.